The summed E-state index contributed by atoms with van der Waals surface area (Å²) in [6.45, 7) is 1.08. The van der Waals surface area contributed by atoms with Crippen molar-refractivity contribution in [2.24, 2.45) is 5.92 Å². The predicted molar refractivity (Wildman–Crippen MR) is 58.3 cm³/mol. The fourth-order valence-corrected chi connectivity index (χ4v) is 2.23. The van der Waals surface area contributed by atoms with E-state index < -0.39 is 0 Å². The SMILES string of the molecule is CNc1cnn(CCC2CCCC2)c1. The van der Waals surface area contributed by atoms with E-state index in [9.17, 15) is 0 Å². The number of aryl methyl sites for hydroxylation is 1. The van der Waals surface area contributed by atoms with E-state index in [0.717, 1.165) is 18.2 Å². The van der Waals surface area contributed by atoms with Crippen LogP contribution in [0.15, 0.2) is 12.4 Å². The topological polar surface area (TPSA) is 29.9 Å². The van der Waals surface area contributed by atoms with E-state index in [0.29, 0.717) is 0 Å². The lowest BCUT2D eigenvalue weighted by atomic mass is 10.0. The molecule has 14 heavy (non-hydrogen) atoms. The monoisotopic (exact) mass is 193 g/mol. The van der Waals surface area contributed by atoms with Gasteiger partial charge in [-0.25, -0.2) is 0 Å². The van der Waals surface area contributed by atoms with Crippen molar-refractivity contribution in [3.8, 4) is 0 Å². The second-order valence-electron chi connectivity index (χ2n) is 4.18. The Morgan fingerprint density at radius 2 is 2.29 bits per heavy atom. The minimum atomic E-state index is 0.956. The highest BCUT2D eigenvalue weighted by Crippen LogP contribution is 2.27. The molecule has 0 amide bonds. The molecule has 3 nitrogen and oxygen atoms in total. The van der Waals surface area contributed by atoms with Crippen LogP contribution in [0.3, 0.4) is 0 Å². The van der Waals surface area contributed by atoms with Crippen molar-refractivity contribution in [2.75, 3.05) is 12.4 Å². The molecule has 0 unspecified atom stereocenters. The standard InChI is InChI=1S/C11H19N3/c1-12-11-8-13-14(9-11)7-6-10-4-2-3-5-10/h8-10,12H,2-7H2,1H3. The van der Waals surface area contributed by atoms with Gasteiger partial charge in [-0.05, 0) is 12.3 Å². The van der Waals surface area contributed by atoms with Gasteiger partial charge in [-0.2, -0.15) is 5.10 Å². The molecule has 1 fully saturated rings. The molecule has 1 aromatic rings. The molecular weight excluding hydrogens is 174 g/mol. The molecular formula is C11H19N3. The van der Waals surface area contributed by atoms with Gasteiger partial charge >= 0.3 is 0 Å². The van der Waals surface area contributed by atoms with Gasteiger partial charge in [0.2, 0.25) is 0 Å². The molecule has 78 valence electrons. The van der Waals surface area contributed by atoms with Gasteiger partial charge < -0.3 is 5.32 Å². The molecule has 0 atom stereocenters. The Morgan fingerprint density at radius 1 is 1.50 bits per heavy atom. The summed E-state index contributed by atoms with van der Waals surface area (Å²) in [4.78, 5) is 0. The molecule has 0 aliphatic heterocycles. The van der Waals surface area contributed by atoms with Crippen molar-refractivity contribution in [1.29, 1.82) is 0 Å². The highest BCUT2D eigenvalue weighted by molar-refractivity contribution is 5.36. The van der Waals surface area contributed by atoms with Crippen molar-refractivity contribution in [3.63, 3.8) is 0 Å². The number of nitrogens with one attached hydrogen (secondary N) is 1. The maximum Gasteiger partial charge on any atom is 0.0723 e. The van der Waals surface area contributed by atoms with E-state index in [2.05, 4.69) is 16.6 Å². The molecule has 0 spiro atoms. The van der Waals surface area contributed by atoms with Crippen molar-refractivity contribution in [3.05, 3.63) is 12.4 Å². The molecule has 1 aliphatic carbocycles. The van der Waals surface area contributed by atoms with Crippen LogP contribution in [0.2, 0.25) is 0 Å². The summed E-state index contributed by atoms with van der Waals surface area (Å²) in [6, 6.07) is 0. The molecule has 1 aliphatic rings. The molecule has 3 heteroatoms. The molecule has 1 aromatic heterocycles. The molecule has 1 N–H and O–H groups in total. The molecule has 0 bridgehead atoms. The van der Waals surface area contributed by atoms with Crippen LogP contribution in [0.5, 0.6) is 0 Å². The Morgan fingerprint density at radius 3 is 2.93 bits per heavy atom. The Labute approximate surface area is 85.5 Å². The molecule has 2 rings (SSSR count). The first-order valence-corrected chi connectivity index (χ1v) is 5.58. The van der Waals surface area contributed by atoms with Crippen molar-refractivity contribution in [2.45, 2.75) is 38.6 Å². The van der Waals surface area contributed by atoms with Crippen molar-refractivity contribution in [1.82, 2.24) is 9.78 Å². The summed E-state index contributed by atoms with van der Waals surface area (Å²) in [6.07, 6.45) is 11.0. The number of rotatable bonds is 4. The number of hydrogen-bond acceptors (Lipinski definition) is 2. The summed E-state index contributed by atoms with van der Waals surface area (Å²) in [5.74, 6) is 0.956. The lowest BCUT2D eigenvalue weighted by Crippen LogP contribution is -2.03. The minimum Gasteiger partial charge on any atom is -0.386 e. The summed E-state index contributed by atoms with van der Waals surface area (Å²) in [5.41, 5.74) is 1.11. The first-order chi connectivity index (χ1) is 6.88. The zero-order valence-electron chi connectivity index (χ0n) is 8.87. The zero-order chi connectivity index (χ0) is 9.80. The highest BCUT2D eigenvalue weighted by atomic mass is 15.3. The number of anilines is 1. The first-order valence-electron chi connectivity index (χ1n) is 5.58. The largest absolute Gasteiger partial charge is 0.386 e. The van der Waals surface area contributed by atoms with Crippen molar-refractivity contribution < 1.29 is 0 Å². The van der Waals surface area contributed by atoms with Crippen LogP contribution >= 0.6 is 0 Å². The van der Waals surface area contributed by atoms with Gasteiger partial charge in [0, 0.05) is 19.8 Å². The molecule has 0 radical (unpaired) electrons. The lowest BCUT2D eigenvalue weighted by Gasteiger charge is -2.07. The van der Waals surface area contributed by atoms with Crippen LogP contribution in [0.25, 0.3) is 0 Å². The summed E-state index contributed by atoms with van der Waals surface area (Å²) in [7, 11) is 1.93. The Hall–Kier alpha value is -0.990. The van der Waals surface area contributed by atoms with E-state index in [4.69, 9.17) is 0 Å². The van der Waals surface area contributed by atoms with Crippen LogP contribution in [0, 0.1) is 5.92 Å². The fourth-order valence-electron chi connectivity index (χ4n) is 2.23. The summed E-state index contributed by atoms with van der Waals surface area (Å²) < 4.78 is 2.05. The van der Waals surface area contributed by atoms with Crippen LogP contribution in [-0.4, -0.2) is 16.8 Å². The van der Waals surface area contributed by atoms with Gasteiger partial charge in [-0.15, -0.1) is 0 Å². The Bertz CT molecular complexity index is 274. The van der Waals surface area contributed by atoms with E-state index in [1.165, 1.54) is 32.1 Å². The van der Waals surface area contributed by atoms with Gasteiger partial charge in [-0.1, -0.05) is 25.7 Å². The molecule has 1 saturated carbocycles. The normalized spacial score (nSPS) is 17.5. The van der Waals surface area contributed by atoms with E-state index in [-0.39, 0.29) is 0 Å². The summed E-state index contributed by atoms with van der Waals surface area (Å²) in [5, 5.41) is 7.39. The van der Waals surface area contributed by atoms with Gasteiger partial charge in [0.1, 0.15) is 0 Å². The van der Waals surface area contributed by atoms with E-state index in [1.807, 2.05) is 17.9 Å². The Balaban J connectivity index is 1.79. The van der Waals surface area contributed by atoms with Gasteiger partial charge in [0.05, 0.1) is 11.9 Å². The number of aromatic nitrogens is 2. The third-order valence-electron chi connectivity index (χ3n) is 3.16. The summed E-state index contributed by atoms with van der Waals surface area (Å²) >= 11 is 0. The third kappa shape index (κ3) is 2.28. The average Bonchev–Trinajstić information content (AvgIpc) is 2.86. The highest BCUT2D eigenvalue weighted by Gasteiger charge is 2.14. The minimum absolute atomic E-state index is 0.956. The van der Waals surface area contributed by atoms with Gasteiger partial charge in [-0.3, -0.25) is 4.68 Å². The number of nitrogens with zero attached hydrogens (tertiary/aromatic N) is 2. The van der Waals surface area contributed by atoms with Crippen LogP contribution in [0.1, 0.15) is 32.1 Å². The fraction of sp³-hybridized carbons (Fsp3) is 0.727. The van der Waals surface area contributed by atoms with Gasteiger partial charge in [0.15, 0.2) is 0 Å². The maximum absolute atomic E-state index is 4.30. The second-order valence-corrected chi connectivity index (χ2v) is 4.18. The maximum atomic E-state index is 4.30. The van der Waals surface area contributed by atoms with Gasteiger partial charge in [0.25, 0.3) is 0 Å². The second kappa shape index (κ2) is 4.49. The smallest absolute Gasteiger partial charge is 0.0723 e. The molecule has 0 aromatic carbocycles. The number of hydrogen-bond donors (Lipinski definition) is 1. The molecule has 0 saturated heterocycles. The van der Waals surface area contributed by atoms with Crippen molar-refractivity contribution >= 4 is 5.69 Å². The van der Waals surface area contributed by atoms with Crippen LogP contribution < -0.4 is 5.32 Å². The average molecular weight is 193 g/mol. The van der Waals surface area contributed by atoms with E-state index in [1.54, 1.807) is 0 Å². The van der Waals surface area contributed by atoms with Crippen LogP contribution in [0.4, 0.5) is 5.69 Å². The lowest BCUT2D eigenvalue weighted by molar-refractivity contribution is 0.440. The quantitative estimate of drug-likeness (QED) is 0.796. The predicted octanol–water partition coefficient (Wildman–Crippen LogP) is 2.51. The Kier molecular flexibility index (Phi) is 3.07. The van der Waals surface area contributed by atoms with Crippen LogP contribution in [-0.2, 0) is 6.54 Å². The molecule has 1 heterocycles. The zero-order valence-corrected chi connectivity index (χ0v) is 8.87. The first kappa shape index (κ1) is 9.56. The third-order valence-corrected chi connectivity index (χ3v) is 3.16. The van der Waals surface area contributed by atoms with E-state index >= 15 is 0 Å².